The van der Waals surface area contributed by atoms with E-state index in [1.165, 1.54) is 283 Å². The van der Waals surface area contributed by atoms with E-state index >= 15 is 0 Å². The predicted molar refractivity (Wildman–Crippen MR) is 339 cm³/mol. The summed E-state index contributed by atoms with van der Waals surface area (Å²) in [6, 6.07) is 0. The van der Waals surface area contributed by atoms with Gasteiger partial charge in [0.2, 0.25) is 0 Å². The molecular weight excluding hydrogens is 961 g/mol. The fourth-order valence-electron chi connectivity index (χ4n) is 10.6. The molecule has 0 aliphatic carbocycles. The van der Waals surface area contributed by atoms with Crippen molar-refractivity contribution in [1.82, 2.24) is 0 Å². The first-order chi connectivity index (χ1) is 38.5. The quantitative estimate of drug-likeness (QED) is 0.0261. The number of carbonyl (C=O) groups is 3. The van der Waals surface area contributed by atoms with Crippen LogP contribution in [0, 0.1) is 0 Å². The molecule has 0 radical (unpaired) electrons. The Morgan fingerprint density at radius 1 is 0.256 bits per heavy atom. The van der Waals surface area contributed by atoms with Gasteiger partial charge >= 0.3 is 17.9 Å². The van der Waals surface area contributed by atoms with E-state index in [9.17, 15) is 14.4 Å². The van der Waals surface area contributed by atoms with E-state index < -0.39 is 6.10 Å². The SMILES string of the molecule is CCCCCCC/C=C\C/C=C\CCCCCCCCCCCCCC(=O)OCC(COC(=O)CCCCCCCCCCCCCCCCCC)OC(=O)CCCCCCCCCCC/C=C\CCCCCCCCCC. The Balaban J connectivity index is 4.31. The van der Waals surface area contributed by atoms with E-state index in [0.29, 0.717) is 19.3 Å². The highest BCUT2D eigenvalue weighted by Crippen LogP contribution is 2.18. The summed E-state index contributed by atoms with van der Waals surface area (Å²) >= 11 is 0. The molecule has 6 heteroatoms. The van der Waals surface area contributed by atoms with E-state index in [4.69, 9.17) is 14.2 Å². The lowest BCUT2D eigenvalue weighted by molar-refractivity contribution is -0.167. The minimum Gasteiger partial charge on any atom is -0.462 e. The second-order valence-corrected chi connectivity index (χ2v) is 23.8. The summed E-state index contributed by atoms with van der Waals surface area (Å²) in [6.07, 6.45) is 83.0. The third kappa shape index (κ3) is 64.5. The first-order valence-corrected chi connectivity index (χ1v) is 35.0. The molecule has 0 aliphatic rings. The van der Waals surface area contributed by atoms with Crippen molar-refractivity contribution < 1.29 is 28.6 Å². The number of carbonyl (C=O) groups excluding carboxylic acids is 3. The van der Waals surface area contributed by atoms with Gasteiger partial charge in [-0.1, -0.05) is 327 Å². The Bertz CT molecular complexity index is 1300. The second kappa shape index (κ2) is 67.1. The summed E-state index contributed by atoms with van der Waals surface area (Å²) in [5.74, 6) is -0.843. The normalized spacial score (nSPS) is 12.2. The van der Waals surface area contributed by atoms with Crippen molar-refractivity contribution in [3.05, 3.63) is 36.5 Å². The number of hydrogen-bond acceptors (Lipinski definition) is 6. The van der Waals surface area contributed by atoms with Crippen molar-refractivity contribution in [2.45, 2.75) is 393 Å². The van der Waals surface area contributed by atoms with Crippen LogP contribution in [0.25, 0.3) is 0 Å². The molecule has 458 valence electrons. The summed E-state index contributed by atoms with van der Waals surface area (Å²) in [6.45, 7) is 6.70. The maximum Gasteiger partial charge on any atom is 0.306 e. The zero-order valence-corrected chi connectivity index (χ0v) is 52.7. The fourth-order valence-corrected chi connectivity index (χ4v) is 10.6. The molecule has 0 aliphatic heterocycles. The number of unbranched alkanes of at least 4 members (excludes halogenated alkanes) is 48. The molecule has 0 aromatic carbocycles. The molecule has 0 N–H and O–H groups in total. The van der Waals surface area contributed by atoms with Crippen LogP contribution in [0.5, 0.6) is 0 Å². The molecule has 0 aromatic heterocycles. The maximum absolute atomic E-state index is 13.0. The van der Waals surface area contributed by atoms with Gasteiger partial charge in [-0.25, -0.2) is 0 Å². The van der Waals surface area contributed by atoms with E-state index in [-0.39, 0.29) is 31.1 Å². The molecule has 0 saturated carbocycles. The average molecular weight is 1100 g/mol. The van der Waals surface area contributed by atoms with Crippen LogP contribution >= 0.6 is 0 Å². The van der Waals surface area contributed by atoms with Gasteiger partial charge in [-0.2, -0.15) is 0 Å². The molecule has 1 unspecified atom stereocenters. The number of hydrogen-bond donors (Lipinski definition) is 0. The smallest absolute Gasteiger partial charge is 0.306 e. The van der Waals surface area contributed by atoms with Crippen LogP contribution in [0.4, 0.5) is 0 Å². The molecular formula is C72H134O6. The Labute approximate surface area is 486 Å². The van der Waals surface area contributed by atoms with Crippen LogP contribution in [-0.4, -0.2) is 37.2 Å². The average Bonchev–Trinajstić information content (AvgIpc) is 3.44. The predicted octanol–water partition coefficient (Wildman–Crippen LogP) is 23.9. The van der Waals surface area contributed by atoms with Crippen molar-refractivity contribution >= 4 is 17.9 Å². The molecule has 0 rings (SSSR count). The zero-order chi connectivity index (χ0) is 56.4. The lowest BCUT2D eigenvalue weighted by Crippen LogP contribution is -2.30. The molecule has 6 nitrogen and oxygen atoms in total. The van der Waals surface area contributed by atoms with Gasteiger partial charge in [-0.15, -0.1) is 0 Å². The van der Waals surface area contributed by atoms with Crippen LogP contribution in [0.1, 0.15) is 387 Å². The van der Waals surface area contributed by atoms with Crippen LogP contribution < -0.4 is 0 Å². The first kappa shape index (κ1) is 75.6. The Morgan fingerprint density at radius 2 is 0.462 bits per heavy atom. The first-order valence-electron chi connectivity index (χ1n) is 35.0. The summed E-state index contributed by atoms with van der Waals surface area (Å²) in [5, 5.41) is 0. The Kier molecular flexibility index (Phi) is 65.1. The van der Waals surface area contributed by atoms with Crippen molar-refractivity contribution in [3.8, 4) is 0 Å². The van der Waals surface area contributed by atoms with E-state index in [0.717, 1.165) is 64.2 Å². The zero-order valence-electron chi connectivity index (χ0n) is 52.7. The molecule has 0 heterocycles. The number of ether oxygens (including phenoxy) is 3. The fraction of sp³-hybridized carbons (Fsp3) is 0.875. The third-order valence-electron chi connectivity index (χ3n) is 15.9. The van der Waals surface area contributed by atoms with Crippen molar-refractivity contribution in [3.63, 3.8) is 0 Å². The summed E-state index contributed by atoms with van der Waals surface area (Å²) in [5.41, 5.74) is 0. The van der Waals surface area contributed by atoms with Crippen LogP contribution in [0.15, 0.2) is 36.5 Å². The minimum atomic E-state index is -0.773. The molecule has 0 spiro atoms. The maximum atomic E-state index is 13.0. The molecule has 0 amide bonds. The second-order valence-electron chi connectivity index (χ2n) is 23.8. The van der Waals surface area contributed by atoms with Gasteiger partial charge in [0, 0.05) is 19.3 Å². The van der Waals surface area contributed by atoms with Gasteiger partial charge in [-0.05, 0) is 77.0 Å². The van der Waals surface area contributed by atoms with Gasteiger partial charge in [0.15, 0.2) is 6.10 Å². The van der Waals surface area contributed by atoms with Gasteiger partial charge in [0.1, 0.15) is 13.2 Å². The van der Waals surface area contributed by atoms with E-state index in [1.807, 2.05) is 0 Å². The monoisotopic (exact) mass is 1100 g/mol. The molecule has 0 aromatic rings. The standard InChI is InChI=1S/C72H134O6/c1-4-7-10-13-16-19-22-25-28-31-33-35-36-38-39-41-44-47-50-53-56-59-62-65-71(74)77-68-69(67-76-70(73)64-61-58-55-52-49-46-43-30-27-24-21-18-15-12-9-6-3)78-72(75)66-63-60-57-54-51-48-45-42-40-37-34-32-29-26-23-20-17-14-11-8-5-2/h22,25,31-34,69H,4-21,23-24,26-30,35-68H2,1-3H3/b25-22-,33-31-,34-32-. The van der Waals surface area contributed by atoms with Gasteiger partial charge in [0.05, 0.1) is 0 Å². The molecule has 0 fully saturated rings. The molecule has 0 saturated heterocycles. The van der Waals surface area contributed by atoms with Crippen molar-refractivity contribution in [1.29, 1.82) is 0 Å². The molecule has 78 heavy (non-hydrogen) atoms. The number of allylic oxidation sites excluding steroid dienone is 6. The van der Waals surface area contributed by atoms with Gasteiger partial charge in [0.25, 0.3) is 0 Å². The highest BCUT2D eigenvalue weighted by atomic mass is 16.6. The van der Waals surface area contributed by atoms with Crippen LogP contribution in [0.3, 0.4) is 0 Å². The lowest BCUT2D eigenvalue weighted by atomic mass is 10.0. The number of esters is 3. The molecule has 0 bridgehead atoms. The summed E-state index contributed by atoms with van der Waals surface area (Å²) < 4.78 is 17.0. The van der Waals surface area contributed by atoms with Gasteiger partial charge < -0.3 is 14.2 Å². The Morgan fingerprint density at radius 3 is 0.718 bits per heavy atom. The van der Waals surface area contributed by atoms with Crippen molar-refractivity contribution in [2.24, 2.45) is 0 Å². The lowest BCUT2D eigenvalue weighted by Gasteiger charge is -2.18. The summed E-state index contributed by atoms with van der Waals surface area (Å²) in [7, 11) is 0. The van der Waals surface area contributed by atoms with E-state index in [2.05, 4.69) is 57.2 Å². The molecule has 1 atom stereocenters. The van der Waals surface area contributed by atoms with Crippen LogP contribution in [0.2, 0.25) is 0 Å². The Hall–Kier alpha value is -2.37. The highest BCUT2D eigenvalue weighted by molar-refractivity contribution is 5.71. The summed E-state index contributed by atoms with van der Waals surface area (Å²) in [4.78, 5) is 38.4. The largest absolute Gasteiger partial charge is 0.462 e. The van der Waals surface area contributed by atoms with Crippen molar-refractivity contribution in [2.75, 3.05) is 13.2 Å². The topological polar surface area (TPSA) is 78.9 Å². The minimum absolute atomic E-state index is 0.0684. The highest BCUT2D eigenvalue weighted by Gasteiger charge is 2.19. The van der Waals surface area contributed by atoms with Gasteiger partial charge in [-0.3, -0.25) is 14.4 Å². The van der Waals surface area contributed by atoms with Crippen LogP contribution in [-0.2, 0) is 28.6 Å². The number of rotatable bonds is 65. The third-order valence-corrected chi connectivity index (χ3v) is 15.9. The van der Waals surface area contributed by atoms with E-state index in [1.54, 1.807) is 0 Å².